The first kappa shape index (κ1) is 17.4. The van der Waals surface area contributed by atoms with E-state index in [4.69, 9.17) is 4.74 Å². The summed E-state index contributed by atoms with van der Waals surface area (Å²) in [7, 11) is 0. The Balaban J connectivity index is 1.63. The van der Waals surface area contributed by atoms with Crippen molar-refractivity contribution in [2.45, 2.75) is 39.3 Å². The molecule has 0 saturated carbocycles. The maximum Gasteiger partial charge on any atom is 0.227 e. The Bertz CT molecular complexity index is 570. The molecule has 2 fully saturated rings. The van der Waals surface area contributed by atoms with Crippen LogP contribution in [-0.2, 0) is 16.1 Å². The number of ether oxygens (including phenoxy) is 1. The van der Waals surface area contributed by atoms with Gasteiger partial charge in [0.2, 0.25) is 5.91 Å². The first-order chi connectivity index (χ1) is 11.6. The van der Waals surface area contributed by atoms with Gasteiger partial charge >= 0.3 is 0 Å². The normalized spacial score (nSPS) is 25.4. The second-order valence-corrected chi connectivity index (χ2v) is 7.10. The molecular weight excluding hydrogens is 302 g/mol. The smallest absolute Gasteiger partial charge is 0.227 e. The summed E-state index contributed by atoms with van der Waals surface area (Å²) in [6.45, 7) is 9.61. The predicted molar refractivity (Wildman–Crippen MR) is 96.1 cm³/mol. The van der Waals surface area contributed by atoms with Gasteiger partial charge < -0.3 is 15.4 Å². The number of nitrogens with one attached hydrogen (secondary N) is 2. The van der Waals surface area contributed by atoms with E-state index < -0.39 is 0 Å². The molecule has 3 rings (SSSR count). The third-order valence-corrected chi connectivity index (χ3v) is 5.06. The zero-order valence-corrected chi connectivity index (χ0v) is 14.8. The third-order valence-electron chi connectivity index (χ3n) is 5.06. The number of hydrogen-bond donors (Lipinski definition) is 2. The molecule has 132 valence electrons. The van der Waals surface area contributed by atoms with Gasteiger partial charge in [-0.05, 0) is 50.4 Å². The van der Waals surface area contributed by atoms with Crippen LogP contribution in [0.15, 0.2) is 18.2 Å². The topological polar surface area (TPSA) is 53.6 Å². The van der Waals surface area contributed by atoms with Gasteiger partial charge in [0, 0.05) is 37.3 Å². The van der Waals surface area contributed by atoms with Crippen molar-refractivity contribution >= 4 is 11.6 Å². The quantitative estimate of drug-likeness (QED) is 0.888. The maximum atomic E-state index is 12.6. The first-order valence-corrected chi connectivity index (χ1v) is 9.05. The Labute approximate surface area is 144 Å². The Morgan fingerprint density at radius 2 is 2.17 bits per heavy atom. The second kappa shape index (κ2) is 8.10. The van der Waals surface area contributed by atoms with E-state index in [2.05, 4.69) is 47.6 Å². The number of aryl methyl sites for hydroxylation is 1. The summed E-state index contributed by atoms with van der Waals surface area (Å²) < 4.78 is 5.40. The van der Waals surface area contributed by atoms with Crippen molar-refractivity contribution in [1.82, 2.24) is 10.2 Å². The van der Waals surface area contributed by atoms with Crippen molar-refractivity contribution in [2.75, 3.05) is 38.2 Å². The lowest BCUT2D eigenvalue weighted by molar-refractivity contribution is -0.120. The SMILES string of the molecule is Cc1ccc(CN2CCOCC2)cc1NC(=O)[C@H]1CCN[C@@H](C)C1. The predicted octanol–water partition coefficient (Wildman–Crippen LogP) is 2.15. The molecule has 2 atom stereocenters. The van der Waals surface area contributed by atoms with Gasteiger partial charge in [-0.3, -0.25) is 9.69 Å². The average Bonchev–Trinajstić information content (AvgIpc) is 2.59. The van der Waals surface area contributed by atoms with Crippen LogP contribution in [0.1, 0.15) is 30.9 Å². The summed E-state index contributed by atoms with van der Waals surface area (Å²) in [6, 6.07) is 6.82. The molecule has 1 amide bonds. The minimum Gasteiger partial charge on any atom is -0.379 e. The number of nitrogens with zero attached hydrogens (tertiary/aromatic N) is 1. The van der Waals surface area contributed by atoms with E-state index in [0.29, 0.717) is 6.04 Å². The molecule has 1 aromatic carbocycles. The number of carbonyl (C=O) groups excluding carboxylic acids is 1. The lowest BCUT2D eigenvalue weighted by Crippen LogP contribution is -2.40. The van der Waals surface area contributed by atoms with Crippen LogP contribution >= 0.6 is 0 Å². The van der Waals surface area contributed by atoms with Gasteiger partial charge in [-0.1, -0.05) is 12.1 Å². The van der Waals surface area contributed by atoms with Crippen LogP contribution in [-0.4, -0.2) is 49.7 Å². The Morgan fingerprint density at radius 1 is 1.38 bits per heavy atom. The highest BCUT2D eigenvalue weighted by molar-refractivity contribution is 5.93. The molecule has 2 saturated heterocycles. The molecule has 1 aromatic rings. The summed E-state index contributed by atoms with van der Waals surface area (Å²) >= 11 is 0. The molecule has 2 N–H and O–H groups in total. The van der Waals surface area contributed by atoms with Gasteiger partial charge in [-0.15, -0.1) is 0 Å². The number of anilines is 1. The van der Waals surface area contributed by atoms with E-state index in [9.17, 15) is 4.79 Å². The highest BCUT2D eigenvalue weighted by Crippen LogP contribution is 2.22. The van der Waals surface area contributed by atoms with Crippen molar-refractivity contribution in [1.29, 1.82) is 0 Å². The van der Waals surface area contributed by atoms with Crippen LogP contribution < -0.4 is 10.6 Å². The summed E-state index contributed by atoms with van der Waals surface area (Å²) in [5.74, 6) is 0.276. The summed E-state index contributed by atoms with van der Waals surface area (Å²) in [4.78, 5) is 15.0. The monoisotopic (exact) mass is 331 g/mol. The van der Waals surface area contributed by atoms with Gasteiger partial charge in [0.1, 0.15) is 0 Å². The number of rotatable bonds is 4. The highest BCUT2D eigenvalue weighted by Gasteiger charge is 2.25. The minimum absolute atomic E-state index is 0.114. The van der Waals surface area contributed by atoms with Crippen LogP contribution in [0.25, 0.3) is 0 Å². The summed E-state index contributed by atoms with van der Waals surface area (Å²) in [5.41, 5.74) is 3.32. The van der Waals surface area contributed by atoms with Crippen LogP contribution in [0.4, 0.5) is 5.69 Å². The van der Waals surface area contributed by atoms with Crippen molar-refractivity contribution < 1.29 is 9.53 Å². The number of carbonyl (C=O) groups is 1. The van der Waals surface area contributed by atoms with Crippen molar-refractivity contribution in [3.05, 3.63) is 29.3 Å². The molecule has 0 spiro atoms. The van der Waals surface area contributed by atoms with Gasteiger partial charge in [0.25, 0.3) is 0 Å². The molecule has 0 bridgehead atoms. The van der Waals surface area contributed by atoms with Crippen molar-refractivity contribution in [3.63, 3.8) is 0 Å². The van der Waals surface area contributed by atoms with E-state index in [-0.39, 0.29) is 11.8 Å². The molecule has 0 aliphatic carbocycles. The fourth-order valence-electron chi connectivity index (χ4n) is 3.52. The average molecular weight is 331 g/mol. The molecule has 24 heavy (non-hydrogen) atoms. The lowest BCUT2D eigenvalue weighted by Gasteiger charge is -2.28. The van der Waals surface area contributed by atoms with Gasteiger partial charge in [-0.25, -0.2) is 0 Å². The van der Waals surface area contributed by atoms with Crippen LogP contribution in [0, 0.1) is 12.8 Å². The molecule has 0 aromatic heterocycles. The fourth-order valence-corrected chi connectivity index (χ4v) is 3.52. The van der Waals surface area contributed by atoms with Crippen LogP contribution in [0.5, 0.6) is 0 Å². The van der Waals surface area contributed by atoms with Crippen LogP contribution in [0.2, 0.25) is 0 Å². The molecule has 5 nitrogen and oxygen atoms in total. The van der Waals surface area contributed by atoms with E-state index >= 15 is 0 Å². The van der Waals surface area contributed by atoms with Crippen LogP contribution in [0.3, 0.4) is 0 Å². The zero-order valence-electron chi connectivity index (χ0n) is 14.8. The molecule has 0 unspecified atom stereocenters. The Morgan fingerprint density at radius 3 is 2.92 bits per heavy atom. The summed E-state index contributed by atoms with van der Waals surface area (Å²) in [6.07, 6.45) is 1.83. The second-order valence-electron chi connectivity index (χ2n) is 7.10. The minimum atomic E-state index is 0.114. The van der Waals surface area contributed by atoms with Gasteiger partial charge in [0.15, 0.2) is 0 Å². The molecule has 2 aliphatic rings. The van der Waals surface area contributed by atoms with Gasteiger partial charge in [0.05, 0.1) is 13.2 Å². The lowest BCUT2D eigenvalue weighted by atomic mass is 9.92. The first-order valence-electron chi connectivity index (χ1n) is 9.05. The largest absolute Gasteiger partial charge is 0.379 e. The van der Waals surface area contributed by atoms with E-state index in [1.807, 2.05) is 0 Å². The highest BCUT2D eigenvalue weighted by atomic mass is 16.5. The number of amides is 1. The Hall–Kier alpha value is -1.43. The molecule has 0 radical (unpaired) electrons. The standard InChI is InChI=1S/C19H29N3O2/c1-14-3-4-16(13-22-7-9-24-10-8-22)12-18(14)21-19(23)17-5-6-20-15(2)11-17/h3-4,12,15,17,20H,5-11,13H2,1-2H3,(H,21,23)/t15-,17-/m0/s1. The number of piperidine rings is 1. The maximum absolute atomic E-state index is 12.6. The fraction of sp³-hybridized carbons (Fsp3) is 0.632. The molecular formula is C19H29N3O2. The number of morpholine rings is 1. The number of benzene rings is 1. The van der Waals surface area contributed by atoms with Crippen molar-refractivity contribution in [3.8, 4) is 0 Å². The van der Waals surface area contributed by atoms with Gasteiger partial charge in [-0.2, -0.15) is 0 Å². The zero-order chi connectivity index (χ0) is 16.9. The van der Waals surface area contributed by atoms with E-state index in [0.717, 1.165) is 63.5 Å². The summed E-state index contributed by atoms with van der Waals surface area (Å²) in [5, 5.41) is 6.57. The van der Waals surface area contributed by atoms with E-state index in [1.54, 1.807) is 0 Å². The molecule has 2 aliphatic heterocycles. The Kier molecular flexibility index (Phi) is 5.87. The number of hydrogen-bond acceptors (Lipinski definition) is 4. The molecule has 5 heteroatoms. The van der Waals surface area contributed by atoms with E-state index in [1.165, 1.54) is 5.56 Å². The third kappa shape index (κ3) is 4.56. The molecule has 2 heterocycles. The van der Waals surface area contributed by atoms with Crippen molar-refractivity contribution in [2.24, 2.45) is 5.92 Å².